The quantitative estimate of drug-likeness (QED) is 0.808. The minimum atomic E-state index is 0.321. The second kappa shape index (κ2) is 4.53. The first kappa shape index (κ1) is 11.0. The zero-order valence-electron chi connectivity index (χ0n) is 8.57. The number of methoxy groups -OCH3 is 1. The van der Waals surface area contributed by atoms with Gasteiger partial charge >= 0.3 is 0 Å². The molecule has 0 radical (unpaired) electrons. The van der Waals surface area contributed by atoms with E-state index in [1.54, 1.807) is 19.2 Å². The Morgan fingerprint density at radius 2 is 2.12 bits per heavy atom. The fraction of sp³-hybridized carbons (Fsp3) is 0.0833. The SMILES string of the molecule is COc1ccc(-c2ccc(C=O)o2)cc1Br. The van der Waals surface area contributed by atoms with Crippen molar-refractivity contribution in [3.05, 3.63) is 40.6 Å². The van der Waals surface area contributed by atoms with E-state index in [4.69, 9.17) is 9.15 Å². The highest BCUT2D eigenvalue weighted by Crippen LogP contribution is 2.31. The van der Waals surface area contributed by atoms with Gasteiger partial charge in [0.05, 0.1) is 11.6 Å². The number of hydrogen-bond acceptors (Lipinski definition) is 3. The average Bonchev–Trinajstić information content (AvgIpc) is 2.77. The van der Waals surface area contributed by atoms with Gasteiger partial charge in [-0.25, -0.2) is 0 Å². The van der Waals surface area contributed by atoms with Gasteiger partial charge < -0.3 is 9.15 Å². The van der Waals surface area contributed by atoms with Crippen molar-refractivity contribution in [1.82, 2.24) is 0 Å². The zero-order valence-corrected chi connectivity index (χ0v) is 10.2. The molecule has 0 saturated heterocycles. The standard InChI is InChI=1S/C12H9BrO3/c1-15-12-4-2-8(6-10(12)13)11-5-3-9(7-14)16-11/h2-7H,1H3. The van der Waals surface area contributed by atoms with Crippen LogP contribution in [0.3, 0.4) is 0 Å². The Bertz CT molecular complexity index is 517. The van der Waals surface area contributed by atoms with Gasteiger partial charge in [-0.1, -0.05) is 0 Å². The van der Waals surface area contributed by atoms with Crippen LogP contribution in [0, 0.1) is 0 Å². The summed E-state index contributed by atoms with van der Waals surface area (Å²) in [6.07, 6.45) is 0.683. The van der Waals surface area contributed by atoms with Gasteiger partial charge in [0, 0.05) is 5.56 Å². The maximum absolute atomic E-state index is 10.5. The summed E-state index contributed by atoms with van der Waals surface area (Å²) < 4.78 is 11.3. The number of furan rings is 1. The molecule has 0 spiro atoms. The molecule has 0 unspecified atom stereocenters. The van der Waals surface area contributed by atoms with E-state index in [1.165, 1.54) is 0 Å². The van der Waals surface area contributed by atoms with Gasteiger partial charge in [-0.15, -0.1) is 0 Å². The molecule has 0 aliphatic carbocycles. The molecule has 0 aliphatic heterocycles. The Morgan fingerprint density at radius 3 is 2.69 bits per heavy atom. The summed E-state index contributed by atoms with van der Waals surface area (Å²) in [5, 5.41) is 0. The van der Waals surface area contributed by atoms with Crippen molar-refractivity contribution in [2.45, 2.75) is 0 Å². The van der Waals surface area contributed by atoms with Crippen molar-refractivity contribution >= 4 is 22.2 Å². The highest BCUT2D eigenvalue weighted by Gasteiger charge is 2.07. The average molecular weight is 281 g/mol. The summed E-state index contributed by atoms with van der Waals surface area (Å²) in [7, 11) is 1.61. The zero-order chi connectivity index (χ0) is 11.5. The number of aldehydes is 1. The molecule has 0 amide bonds. The Labute approximate surface area is 101 Å². The van der Waals surface area contributed by atoms with Crippen LogP contribution in [0.5, 0.6) is 5.75 Å². The molecule has 0 saturated carbocycles. The third-order valence-corrected chi connectivity index (χ3v) is 2.80. The first-order valence-corrected chi connectivity index (χ1v) is 5.43. The van der Waals surface area contributed by atoms with Crippen LogP contribution >= 0.6 is 15.9 Å². The van der Waals surface area contributed by atoms with Crippen LogP contribution in [0.2, 0.25) is 0 Å². The number of ether oxygens (including phenoxy) is 1. The lowest BCUT2D eigenvalue weighted by Gasteiger charge is -2.04. The molecule has 82 valence electrons. The molecule has 0 aliphatic rings. The normalized spacial score (nSPS) is 10.1. The van der Waals surface area contributed by atoms with Crippen molar-refractivity contribution < 1.29 is 13.9 Å². The van der Waals surface area contributed by atoms with E-state index in [-0.39, 0.29) is 0 Å². The van der Waals surface area contributed by atoms with Crippen LogP contribution in [-0.2, 0) is 0 Å². The van der Waals surface area contributed by atoms with E-state index in [9.17, 15) is 4.79 Å². The topological polar surface area (TPSA) is 39.4 Å². The van der Waals surface area contributed by atoms with Crippen molar-refractivity contribution in [3.8, 4) is 17.1 Å². The molecule has 3 nitrogen and oxygen atoms in total. The number of carbonyl (C=O) groups excluding carboxylic acids is 1. The fourth-order valence-electron chi connectivity index (χ4n) is 1.39. The first-order chi connectivity index (χ1) is 7.74. The van der Waals surface area contributed by atoms with E-state index >= 15 is 0 Å². The summed E-state index contributed by atoms with van der Waals surface area (Å²) in [5.41, 5.74) is 0.890. The van der Waals surface area contributed by atoms with Crippen LogP contribution in [0.25, 0.3) is 11.3 Å². The molecule has 16 heavy (non-hydrogen) atoms. The molecular weight excluding hydrogens is 272 g/mol. The van der Waals surface area contributed by atoms with Crippen LogP contribution in [0.15, 0.2) is 39.2 Å². The van der Waals surface area contributed by atoms with Crippen LogP contribution in [0.1, 0.15) is 10.6 Å². The lowest BCUT2D eigenvalue weighted by molar-refractivity contribution is 0.110. The maximum atomic E-state index is 10.5. The second-order valence-corrected chi connectivity index (χ2v) is 4.02. The number of carbonyl (C=O) groups is 1. The predicted molar refractivity (Wildman–Crippen MR) is 63.8 cm³/mol. The molecule has 0 atom stereocenters. The minimum Gasteiger partial charge on any atom is -0.496 e. The van der Waals surface area contributed by atoms with Crippen LogP contribution in [0.4, 0.5) is 0 Å². The van der Waals surface area contributed by atoms with Gasteiger partial charge in [0.15, 0.2) is 12.0 Å². The monoisotopic (exact) mass is 280 g/mol. The molecule has 2 aromatic rings. The van der Waals surface area contributed by atoms with E-state index in [2.05, 4.69) is 15.9 Å². The summed E-state index contributed by atoms with van der Waals surface area (Å²) in [4.78, 5) is 10.5. The van der Waals surface area contributed by atoms with Crippen LogP contribution < -0.4 is 4.74 Å². The van der Waals surface area contributed by atoms with E-state index in [0.29, 0.717) is 17.8 Å². The van der Waals surface area contributed by atoms with E-state index in [0.717, 1.165) is 15.8 Å². The van der Waals surface area contributed by atoms with Gasteiger partial charge in [0.1, 0.15) is 11.5 Å². The first-order valence-electron chi connectivity index (χ1n) is 4.63. The summed E-state index contributed by atoms with van der Waals surface area (Å²) >= 11 is 3.39. The molecule has 0 N–H and O–H groups in total. The summed E-state index contributed by atoms with van der Waals surface area (Å²) in [6, 6.07) is 8.99. The second-order valence-electron chi connectivity index (χ2n) is 3.17. The van der Waals surface area contributed by atoms with Crippen LogP contribution in [-0.4, -0.2) is 13.4 Å². The molecule has 0 fully saturated rings. The van der Waals surface area contributed by atoms with Gasteiger partial charge in [0.2, 0.25) is 0 Å². The lowest BCUT2D eigenvalue weighted by atomic mass is 10.2. The van der Waals surface area contributed by atoms with Gasteiger partial charge in [-0.2, -0.15) is 0 Å². The van der Waals surface area contributed by atoms with E-state index < -0.39 is 0 Å². The number of hydrogen-bond donors (Lipinski definition) is 0. The predicted octanol–water partition coefficient (Wildman–Crippen LogP) is 3.53. The summed E-state index contributed by atoms with van der Waals surface area (Å²) in [6.45, 7) is 0. The van der Waals surface area contributed by atoms with Crippen molar-refractivity contribution in [1.29, 1.82) is 0 Å². The minimum absolute atomic E-state index is 0.321. The number of rotatable bonds is 3. The van der Waals surface area contributed by atoms with Crippen molar-refractivity contribution in [2.24, 2.45) is 0 Å². The van der Waals surface area contributed by atoms with Gasteiger partial charge in [-0.05, 0) is 46.3 Å². The van der Waals surface area contributed by atoms with Crippen molar-refractivity contribution in [2.75, 3.05) is 7.11 Å². The summed E-state index contributed by atoms with van der Waals surface area (Å²) in [5.74, 6) is 1.73. The van der Waals surface area contributed by atoms with Gasteiger partial charge in [-0.3, -0.25) is 4.79 Å². The molecule has 1 aromatic carbocycles. The Morgan fingerprint density at radius 1 is 1.31 bits per heavy atom. The Hall–Kier alpha value is -1.55. The molecular formula is C12H9BrO3. The lowest BCUT2D eigenvalue weighted by Crippen LogP contribution is -1.84. The maximum Gasteiger partial charge on any atom is 0.185 e. The smallest absolute Gasteiger partial charge is 0.185 e. The number of benzene rings is 1. The fourth-order valence-corrected chi connectivity index (χ4v) is 1.93. The highest BCUT2D eigenvalue weighted by molar-refractivity contribution is 9.10. The molecule has 1 aromatic heterocycles. The van der Waals surface area contributed by atoms with Gasteiger partial charge in [0.25, 0.3) is 0 Å². The third-order valence-electron chi connectivity index (χ3n) is 2.18. The molecule has 4 heteroatoms. The third kappa shape index (κ3) is 2.02. The number of halogens is 1. The van der Waals surface area contributed by atoms with Crippen molar-refractivity contribution in [3.63, 3.8) is 0 Å². The van der Waals surface area contributed by atoms with E-state index in [1.807, 2.05) is 18.2 Å². The molecule has 2 rings (SSSR count). The Kier molecular flexibility index (Phi) is 3.10. The molecule has 0 bridgehead atoms. The highest BCUT2D eigenvalue weighted by atomic mass is 79.9. The largest absolute Gasteiger partial charge is 0.496 e. The molecule has 1 heterocycles. The Balaban J connectivity index is 2.40.